The molecule has 6 heteroatoms. The summed E-state index contributed by atoms with van der Waals surface area (Å²) in [4.78, 5) is 30.5. The Labute approximate surface area is 389 Å². The van der Waals surface area contributed by atoms with E-state index in [1.54, 1.807) is 0 Å². The number of fused-ring (bicyclic) bond motifs is 12. The highest BCUT2D eigenvalue weighted by Gasteiger charge is 2.22. The molecule has 316 valence electrons. The van der Waals surface area contributed by atoms with E-state index in [0.717, 1.165) is 71.7 Å². The van der Waals surface area contributed by atoms with Gasteiger partial charge in [-0.25, -0.2) is 15.0 Å². The molecule has 11 aromatic carbocycles. The van der Waals surface area contributed by atoms with Crippen LogP contribution >= 0.6 is 0 Å². The number of hydrogen-bond acceptors (Lipinski definition) is 4. The summed E-state index contributed by atoms with van der Waals surface area (Å²) in [5.41, 5.74) is 8.23. The van der Waals surface area contributed by atoms with E-state index in [9.17, 15) is 0 Å². The molecule has 0 aliphatic heterocycles. The Morgan fingerprint density at radius 1 is 0.265 bits per heavy atom. The fraction of sp³-hybridized carbons (Fsp3) is 0. The Bertz CT molecular complexity index is 4390. The zero-order valence-electron chi connectivity index (χ0n) is 36.5. The van der Waals surface area contributed by atoms with Gasteiger partial charge in [0, 0.05) is 49.6 Å². The number of nitrogens with zero attached hydrogens (tertiary/aromatic N) is 5. The minimum atomic E-state index is -0.00891. The van der Waals surface area contributed by atoms with Crippen molar-refractivity contribution >= 4 is 86.7 Å². The number of para-hydroxylation sites is 1. The second-order valence-corrected chi connectivity index (χ2v) is 17.5. The van der Waals surface area contributed by atoms with Crippen molar-refractivity contribution in [3.05, 3.63) is 235 Å². The van der Waals surface area contributed by atoms with E-state index in [0.29, 0.717) is 28.2 Å². The zero-order valence-corrected chi connectivity index (χ0v) is 36.5. The van der Waals surface area contributed by atoms with Gasteiger partial charge in [0.15, 0.2) is 22.9 Å². The summed E-state index contributed by atoms with van der Waals surface area (Å²) in [6.07, 6.45) is 0. The van der Waals surface area contributed by atoms with Gasteiger partial charge in [-0.2, -0.15) is 0 Å². The Balaban J connectivity index is 1.10. The van der Waals surface area contributed by atoms with Crippen molar-refractivity contribution in [1.82, 2.24) is 24.1 Å². The molecule has 0 saturated carbocycles. The van der Waals surface area contributed by atoms with Crippen LogP contribution in [0.4, 0.5) is 0 Å². The highest BCUT2D eigenvalue weighted by atomic mass is 16.1. The van der Waals surface area contributed by atoms with Crippen molar-refractivity contribution in [3.63, 3.8) is 0 Å². The van der Waals surface area contributed by atoms with Gasteiger partial charge in [0.2, 0.25) is 0 Å². The molecule has 0 saturated heterocycles. The predicted octanol–water partition coefficient (Wildman–Crippen LogP) is 15.0. The number of rotatable bonds is 5. The Hall–Kier alpha value is -9.26. The maximum absolute atomic E-state index is 15.3. The average molecular weight is 868 g/mol. The molecule has 14 rings (SSSR count). The number of hydrogen-bond donors (Lipinski definition) is 0. The molecular formula is C62H37N5O. The van der Waals surface area contributed by atoms with Crippen molar-refractivity contribution in [2.75, 3.05) is 0 Å². The Kier molecular flexibility index (Phi) is 8.33. The third kappa shape index (κ3) is 5.84. The standard InChI is InChI=1S/C62H37N5O/c68-59-53-32-40-21-10-11-22-41(40)33-55(53)67(44-26-16-23-42(31-44)62-64-60(38-17-4-1-5-18-38)63-61(65-62)39-19-6-2-7-20-39)58-37-57-52(35-54(58)59)51-34-49-47-29-14-12-27-45(47)46-28-13-15-30-48(46)50(49)36-56(51)66(57)43-24-8-3-9-25-43/h1-37H. The van der Waals surface area contributed by atoms with Crippen LogP contribution in [0.15, 0.2) is 229 Å². The zero-order chi connectivity index (χ0) is 44.9. The quantitative estimate of drug-likeness (QED) is 0.128. The molecule has 3 aromatic heterocycles. The van der Waals surface area contributed by atoms with Gasteiger partial charge < -0.3 is 9.13 Å². The third-order valence-corrected chi connectivity index (χ3v) is 13.7. The van der Waals surface area contributed by atoms with Crippen LogP contribution < -0.4 is 5.43 Å². The smallest absolute Gasteiger partial charge is 0.197 e. The summed E-state index contributed by atoms with van der Waals surface area (Å²) >= 11 is 0. The molecule has 0 radical (unpaired) electrons. The number of benzene rings is 11. The SMILES string of the molecule is O=c1c2cc3ccccc3cc2n(-c2cccc(-c3nc(-c4ccccc4)nc(-c4ccccc4)n3)c2)c2cc3c(cc12)c1cc2c4ccccc4c4ccccc4c2cc1n3-c1ccccc1. The predicted molar refractivity (Wildman–Crippen MR) is 281 cm³/mol. The topological polar surface area (TPSA) is 65.6 Å². The van der Waals surface area contributed by atoms with Gasteiger partial charge in [0.1, 0.15) is 0 Å². The molecule has 0 amide bonds. The van der Waals surface area contributed by atoms with Gasteiger partial charge in [-0.3, -0.25) is 4.79 Å². The van der Waals surface area contributed by atoms with Gasteiger partial charge in [-0.1, -0.05) is 164 Å². The molecular weight excluding hydrogens is 831 g/mol. The molecule has 6 nitrogen and oxygen atoms in total. The monoisotopic (exact) mass is 867 g/mol. The molecule has 0 fully saturated rings. The van der Waals surface area contributed by atoms with Crippen LogP contribution in [-0.4, -0.2) is 24.1 Å². The fourth-order valence-corrected chi connectivity index (χ4v) is 10.5. The van der Waals surface area contributed by atoms with Crippen LogP contribution in [-0.2, 0) is 0 Å². The van der Waals surface area contributed by atoms with Gasteiger partial charge in [0.25, 0.3) is 0 Å². The van der Waals surface area contributed by atoms with Crippen LogP contribution in [0.25, 0.3) is 132 Å². The highest BCUT2D eigenvalue weighted by molar-refractivity contribution is 6.29. The molecule has 68 heavy (non-hydrogen) atoms. The number of pyridine rings is 1. The Morgan fingerprint density at radius 3 is 1.28 bits per heavy atom. The summed E-state index contributed by atoms with van der Waals surface area (Å²) in [5.74, 6) is 1.74. The van der Waals surface area contributed by atoms with Crippen molar-refractivity contribution in [1.29, 1.82) is 0 Å². The third-order valence-electron chi connectivity index (χ3n) is 13.7. The molecule has 0 unspecified atom stereocenters. The van der Waals surface area contributed by atoms with Crippen LogP contribution in [0, 0.1) is 0 Å². The second-order valence-electron chi connectivity index (χ2n) is 17.5. The average Bonchev–Trinajstić information content (AvgIpc) is 3.72. The van der Waals surface area contributed by atoms with E-state index in [-0.39, 0.29) is 5.43 Å². The van der Waals surface area contributed by atoms with E-state index >= 15 is 4.79 Å². The summed E-state index contributed by atoms with van der Waals surface area (Å²) in [5, 5.41) is 12.7. The van der Waals surface area contributed by atoms with Crippen LogP contribution in [0.1, 0.15) is 0 Å². The largest absolute Gasteiger partial charge is 0.309 e. The Morgan fingerprint density at radius 2 is 0.662 bits per heavy atom. The van der Waals surface area contributed by atoms with Crippen molar-refractivity contribution in [3.8, 4) is 45.5 Å². The van der Waals surface area contributed by atoms with Crippen molar-refractivity contribution in [2.24, 2.45) is 0 Å². The molecule has 0 atom stereocenters. The summed E-state index contributed by atoms with van der Waals surface area (Å²) in [6, 6.07) is 77.9. The maximum Gasteiger partial charge on any atom is 0.197 e. The summed E-state index contributed by atoms with van der Waals surface area (Å²) in [7, 11) is 0. The molecule has 0 bridgehead atoms. The van der Waals surface area contributed by atoms with Crippen LogP contribution in [0.2, 0.25) is 0 Å². The molecule has 0 aliphatic carbocycles. The summed E-state index contributed by atoms with van der Waals surface area (Å²) < 4.78 is 4.62. The van der Waals surface area contributed by atoms with E-state index < -0.39 is 0 Å². The lowest BCUT2D eigenvalue weighted by Crippen LogP contribution is -2.11. The van der Waals surface area contributed by atoms with Gasteiger partial charge in [-0.05, 0) is 104 Å². The minimum absolute atomic E-state index is 0.00891. The van der Waals surface area contributed by atoms with Gasteiger partial charge >= 0.3 is 0 Å². The number of aromatic nitrogens is 5. The molecule has 3 heterocycles. The van der Waals surface area contributed by atoms with Crippen LogP contribution in [0.5, 0.6) is 0 Å². The van der Waals surface area contributed by atoms with E-state index in [2.05, 4.69) is 155 Å². The molecule has 0 N–H and O–H groups in total. The first-order chi connectivity index (χ1) is 33.6. The maximum atomic E-state index is 15.3. The minimum Gasteiger partial charge on any atom is -0.309 e. The normalized spacial score (nSPS) is 11.9. The van der Waals surface area contributed by atoms with Crippen molar-refractivity contribution in [2.45, 2.75) is 0 Å². The molecule has 0 spiro atoms. The highest BCUT2D eigenvalue weighted by Crippen LogP contribution is 2.42. The first kappa shape index (κ1) is 38.1. The molecule has 14 aromatic rings. The van der Waals surface area contributed by atoms with E-state index in [4.69, 9.17) is 15.0 Å². The lowest BCUT2D eigenvalue weighted by molar-refractivity contribution is 1.07. The van der Waals surface area contributed by atoms with E-state index in [1.165, 1.54) is 32.3 Å². The van der Waals surface area contributed by atoms with Gasteiger partial charge in [-0.15, -0.1) is 0 Å². The van der Waals surface area contributed by atoms with Crippen molar-refractivity contribution < 1.29 is 0 Å². The second kappa shape index (κ2) is 14.9. The van der Waals surface area contributed by atoms with E-state index in [1.807, 2.05) is 78.9 Å². The molecule has 0 aliphatic rings. The first-order valence-corrected chi connectivity index (χ1v) is 22.9. The van der Waals surface area contributed by atoms with Gasteiger partial charge in [0.05, 0.1) is 22.1 Å². The van der Waals surface area contributed by atoms with Crippen LogP contribution in [0.3, 0.4) is 0 Å². The summed E-state index contributed by atoms with van der Waals surface area (Å²) in [6.45, 7) is 0. The fourth-order valence-electron chi connectivity index (χ4n) is 10.5. The lowest BCUT2D eigenvalue weighted by Gasteiger charge is -2.18. The lowest BCUT2D eigenvalue weighted by atomic mass is 9.93. The first-order valence-electron chi connectivity index (χ1n) is 22.9.